The summed E-state index contributed by atoms with van der Waals surface area (Å²) in [6.07, 6.45) is 5.28. The van der Waals surface area contributed by atoms with Gasteiger partial charge in [-0.05, 0) is 57.3 Å². The summed E-state index contributed by atoms with van der Waals surface area (Å²) in [5.74, 6) is 0.951. The Morgan fingerprint density at radius 1 is 1.14 bits per heavy atom. The van der Waals surface area contributed by atoms with E-state index in [1.54, 1.807) is 0 Å². The molecule has 1 fully saturated rings. The second kappa shape index (κ2) is 8.55. The Hall–Kier alpha value is -0.860. The molecule has 2 nitrogen and oxygen atoms in total. The van der Waals surface area contributed by atoms with E-state index in [2.05, 4.69) is 61.3 Å². The maximum Gasteiger partial charge on any atom is 0.0475 e. The van der Waals surface area contributed by atoms with Gasteiger partial charge in [0.2, 0.25) is 0 Å². The number of piperidine rings is 1. The van der Waals surface area contributed by atoms with E-state index in [1.807, 2.05) is 0 Å². The fourth-order valence-corrected chi connectivity index (χ4v) is 3.51. The molecular weight excluding hydrogens is 256 g/mol. The lowest BCUT2D eigenvalue weighted by Crippen LogP contribution is -2.46. The lowest BCUT2D eigenvalue weighted by molar-refractivity contribution is 0.114. The Labute approximate surface area is 130 Å². The monoisotopic (exact) mass is 288 g/mol. The molecular formula is C19H32N2. The number of hydrogen-bond donors (Lipinski definition) is 1. The SMILES string of the molecule is CCCNC(c1ccccc1)C(C)N1CCC(CC)CC1. The van der Waals surface area contributed by atoms with E-state index in [9.17, 15) is 0 Å². The largest absolute Gasteiger partial charge is 0.309 e. The number of nitrogens with one attached hydrogen (secondary N) is 1. The lowest BCUT2D eigenvalue weighted by atomic mass is 9.91. The molecule has 1 aromatic carbocycles. The van der Waals surface area contributed by atoms with Crippen molar-refractivity contribution < 1.29 is 0 Å². The van der Waals surface area contributed by atoms with Gasteiger partial charge < -0.3 is 5.32 Å². The first kappa shape index (κ1) is 16.5. The third kappa shape index (κ3) is 4.55. The average Bonchev–Trinajstić information content (AvgIpc) is 2.56. The van der Waals surface area contributed by atoms with E-state index in [-0.39, 0.29) is 0 Å². The molecule has 21 heavy (non-hydrogen) atoms. The Morgan fingerprint density at radius 2 is 1.81 bits per heavy atom. The van der Waals surface area contributed by atoms with Crippen molar-refractivity contribution in [1.29, 1.82) is 0 Å². The first-order chi connectivity index (χ1) is 10.3. The van der Waals surface area contributed by atoms with Gasteiger partial charge in [-0.1, -0.05) is 50.6 Å². The third-order valence-electron chi connectivity index (χ3n) is 5.06. The maximum absolute atomic E-state index is 3.77. The van der Waals surface area contributed by atoms with Crippen molar-refractivity contribution in [1.82, 2.24) is 10.2 Å². The molecule has 0 aromatic heterocycles. The number of benzene rings is 1. The first-order valence-corrected chi connectivity index (χ1v) is 8.78. The summed E-state index contributed by atoms with van der Waals surface area (Å²) in [4.78, 5) is 2.69. The first-order valence-electron chi connectivity index (χ1n) is 8.78. The van der Waals surface area contributed by atoms with E-state index in [0.29, 0.717) is 12.1 Å². The Morgan fingerprint density at radius 3 is 2.38 bits per heavy atom. The van der Waals surface area contributed by atoms with Crippen LogP contribution >= 0.6 is 0 Å². The molecule has 2 rings (SSSR count). The fourth-order valence-electron chi connectivity index (χ4n) is 3.51. The normalized spacial score (nSPS) is 20.3. The zero-order valence-corrected chi connectivity index (χ0v) is 14.0. The summed E-state index contributed by atoms with van der Waals surface area (Å²) in [6, 6.07) is 12.0. The number of hydrogen-bond acceptors (Lipinski definition) is 2. The van der Waals surface area contributed by atoms with E-state index in [4.69, 9.17) is 0 Å². The molecule has 0 saturated carbocycles. The van der Waals surface area contributed by atoms with Gasteiger partial charge in [0, 0.05) is 12.1 Å². The molecule has 2 unspecified atom stereocenters. The van der Waals surface area contributed by atoms with Gasteiger partial charge in [0.05, 0.1) is 0 Å². The van der Waals surface area contributed by atoms with Crippen LogP contribution in [0.25, 0.3) is 0 Å². The molecule has 1 aliphatic heterocycles. The van der Waals surface area contributed by atoms with Crippen LogP contribution < -0.4 is 5.32 Å². The van der Waals surface area contributed by atoms with Crippen LogP contribution in [-0.2, 0) is 0 Å². The highest BCUT2D eigenvalue weighted by molar-refractivity contribution is 5.20. The minimum absolute atomic E-state index is 0.448. The third-order valence-corrected chi connectivity index (χ3v) is 5.06. The Kier molecular flexibility index (Phi) is 6.72. The van der Waals surface area contributed by atoms with Crippen LogP contribution in [0.4, 0.5) is 0 Å². The van der Waals surface area contributed by atoms with Crippen LogP contribution in [0.1, 0.15) is 58.1 Å². The smallest absolute Gasteiger partial charge is 0.0475 e. The van der Waals surface area contributed by atoms with Gasteiger partial charge in [-0.3, -0.25) is 4.90 Å². The predicted molar refractivity (Wildman–Crippen MR) is 91.5 cm³/mol. The zero-order chi connectivity index (χ0) is 15.1. The van der Waals surface area contributed by atoms with Gasteiger partial charge in [-0.25, -0.2) is 0 Å². The summed E-state index contributed by atoms with van der Waals surface area (Å²) in [5, 5.41) is 3.77. The summed E-state index contributed by atoms with van der Waals surface area (Å²) in [6.45, 7) is 10.6. The molecule has 2 heteroatoms. The van der Waals surface area contributed by atoms with Gasteiger partial charge in [0.1, 0.15) is 0 Å². The predicted octanol–water partition coefficient (Wildman–Crippen LogP) is 4.24. The molecule has 1 saturated heterocycles. The summed E-state index contributed by atoms with van der Waals surface area (Å²) >= 11 is 0. The quantitative estimate of drug-likeness (QED) is 0.807. The molecule has 1 heterocycles. The Balaban J connectivity index is 2.02. The number of nitrogens with zero attached hydrogens (tertiary/aromatic N) is 1. The minimum atomic E-state index is 0.448. The highest BCUT2D eigenvalue weighted by Crippen LogP contribution is 2.27. The van der Waals surface area contributed by atoms with Gasteiger partial charge >= 0.3 is 0 Å². The van der Waals surface area contributed by atoms with E-state index < -0.39 is 0 Å². The Bertz CT molecular complexity index is 382. The van der Waals surface area contributed by atoms with E-state index in [0.717, 1.165) is 12.5 Å². The van der Waals surface area contributed by atoms with Gasteiger partial charge in [0.25, 0.3) is 0 Å². The highest BCUT2D eigenvalue weighted by Gasteiger charge is 2.27. The number of rotatable bonds is 7. The van der Waals surface area contributed by atoms with Crippen LogP contribution in [0.2, 0.25) is 0 Å². The zero-order valence-electron chi connectivity index (χ0n) is 14.0. The molecule has 0 radical (unpaired) electrons. The summed E-state index contributed by atoms with van der Waals surface area (Å²) < 4.78 is 0. The minimum Gasteiger partial charge on any atom is -0.309 e. The van der Waals surface area contributed by atoms with Crippen molar-refractivity contribution in [3.63, 3.8) is 0 Å². The van der Waals surface area contributed by atoms with Crippen LogP contribution in [0, 0.1) is 5.92 Å². The van der Waals surface area contributed by atoms with Crippen molar-refractivity contribution >= 4 is 0 Å². The molecule has 1 N–H and O–H groups in total. The van der Waals surface area contributed by atoms with Crippen molar-refractivity contribution in [2.75, 3.05) is 19.6 Å². The topological polar surface area (TPSA) is 15.3 Å². The van der Waals surface area contributed by atoms with Crippen LogP contribution in [0.3, 0.4) is 0 Å². The molecule has 118 valence electrons. The van der Waals surface area contributed by atoms with Crippen molar-refractivity contribution in [2.24, 2.45) is 5.92 Å². The molecule has 0 amide bonds. The van der Waals surface area contributed by atoms with Crippen LogP contribution in [0.15, 0.2) is 30.3 Å². The molecule has 0 spiro atoms. The van der Waals surface area contributed by atoms with E-state index >= 15 is 0 Å². The molecule has 1 aliphatic rings. The molecule has 0 aliphatic carbocycles. The summed E-state index contributed by atoms with van der Waals surface area (Å²) in [5.41, 5.74) is 1.43. The molecule has 0 bridgehead atoms. The highest BCUT2D eigenvalue weighted by atomic mass is 15.2. The van der Waals surface area contributed by atoms with Gasteiger partial charge in [-0.2, -0.15) is 0 Å². The van der Waals surface area contributed by atoms with Crippen molar-refractivity contribution in [2.45, 2.75) is 58.5 Å². The van der Waals surface area contributed by atoms with Gasteiger partial charge in [-0.15, -0.1) is 0 Å². The average molecular weight is 288 g/mol. The fraction of sp³-hybridized carbons (Fsp3) is 0.684. The molecule has 1 aromatic rings. The lowest BCUT2D eigenvalue weighted by Gasteiger charge is -2.40. The van der Waals surface area contributed by atoms with E-state index in [1.165, 1.54) is 44.3 Å². The standard InChI is InChI=1S/C19H32N2/c1-4-13-20-19(18-9-7-6-8-10-18)16(3)21-14-11-17(5-2)12-15-21/h6-10,16-17,19-20H,4-5,11-15H2,1-3H3. The van der Waals surface area contributed by atoms with Crippen LogP contribution in [0.5, 0.6) is 0 Å². The summed E-state index contributed by atoms with van der Waals surface area (Å²) in [7, 11) is 0. The molecule has 2 atom stereocenters. The second-order valence-electron chi connectivity index (χ2n) is 6.47. The van der Waals surface area contributed by atoms with Crippen LogP contribution in [-0.4, -0.2) is 30.6 Å². The van der Waals surface area contributed by atoms with Crippen molar-refractivity contribution in [3.05, 3.63) is 35.9 Å². The number of likely N-dealkylation sites (tertiary alicyclic amines) is 1. The second-order valence-corrected chi connectivity index (χ2v) is 6.47. The maximum atomic E-state index is 3.77. The van der Waals surface area contributed by atoms with Gasteiger partial charge in [0.15, 0.2) is 0 Å². The van der Waals surface area contributed by atoms with Crippen molar-refractivity contribution in [3.8, 4) is 0 Å².